The van der Waals surface area contributed by atoms with Crippen molar-refractivity contribution >= 4 is 17.6 Å². The molecule has 1 N–H and O–H groups in total. The van der Waals surface area contributed by atoms with Crippen molar-refractivity contribution < 1.29 is 14.6 Å². The van der Waals surface area contributed by atoms with Crippen LogP contribution in [-0.2, 0) is 9.53 Å². The van der Waals surface area contributed by atoms with Gasteiger partial charge in [0.15, 0.2) is 0 Å². The molecule has 0 saturated carbocycles. The van der Waals surface area contributed by atoms with Crippen LogP contribution in [0.2, 0.25) is 0 Å². The Hall–Kier alpha value is -0.700. The summed E-state index contributed by atoms with van der Waals surface area (Å²) in [6, 6.07) is 0. The zero-order valence-corrected chi connectivity index (χ0v) is 7.31. The van der Waals surface area contributed by atoms with Gasteiger partial charge >= 0.3 is 5.97 Å². The number of rotatable bonds is 3. The van der Waals surface area contributed by atoms with Gasteiger partial charge in [-0.25, -0.2) is 0 Å². The van der Waals surface area contributed by atoms with E-state index in [1.165, 1.54) is 6.92 Å². The zero-order chi connectivity index (χ0) is 8.85. The Morgan fingerprint density at radius 1 is 1.55 bits per heavy atom. The van der Waals surface area contributed by atoms with Gasteiger partial charge in [0.1, 0.15) is 12.4 Å². The minimum absolute atomic E-state index is 0.0487. The lowest BCUT2D eigenvalue weighted by molar-refractivity contribution is -0.140. The van der Waals surface area contributed by atoms with Crippen molar-refractivity contribution in [1.29, 1.82) is 0 Å². The van der Waals surface area contributed by atoms with Crippen molar-refractivity contribution in [3.05, 3.63) is 11.3 Å². The summed E-state index contributed by atoms with van der Waals surface area (Å²) in [5.74, 6) is -0.257. The first kappa shape index (κ1) is 10.3. The van der Waals surface area contributed by atoms with Gasteiger partial charge in [0, 0.05) is 12.5 Å². The molecule has 11 heavy (non-hydrogen) atoms. The van der Waals surface area contributed by atoms with Gasteiger partial charge in [-0.2, -0.15) is 0 Å². The van der Waals surface area contributed by atoms with Gasteiger partial charge in [-0.3, -0.25) is 4.79 Å². The fraction of sp³-hybridized carbons (Fsp3) is 0.571. The van der Waals surface area contributed by atoms with Gasteiger partial charge in [0.2, 0.25) is 0 Å². The highest BCUT2D eigenvalue weighted by Gasteiger charge is 2.00. The summed E-state index contributed by atoms with van der Waals surface area (Å²) in [4.78, 5) is 10.3. The first-order valence-electron chi connectivity index (χ1n) is 3.14. The van der Waals surface area contributed by atoms with E-state index < -0.39 is 0 Å². The third-order valence-corrected chi connectivity index (χ3v) is 1.36. The second-order valence-corrected chi connectivity index (χ2v) is 2.41. The van der Waals surface area contributed by atoms with Crippen molar-refractivity contribution in [1.82, 2.24) is 0 Å². The Labute approximate surface area is 70.6 Å². The first-order chi connectivity index (χ1) is 5.07. The molecule has 4 heteroatoms. The van der Waals surface area contributed by atoms with E-state index in [-0.39, 0.29) is 24.2 Å². The Morgan fingerprint density at radius 3 is 2.45 bits per heavy atom. The Bertz CT molecular complexity index is 175. The van der Waals surface area contributed by atoms with Crippen molar-refractivity contribution in [2.24, 2.45) is 0 Å². The molecule has 0 unspecified atom stereocenters. The molecule has 0 aromatic rings. The van der Waals surface area contributed by atoms with Crippen molar-refractivity contribution in [2.45, 2.75) is 13.8 Å². The number of carbonyl (C=O) groups is 1. The lowest BCUT2D eigenvalue weighted by Gasteiger charge is -2.03. The van der Waals surface area contributed by atoms with Gasteiger partial charge in [-0.15, -0.1) is 11.6 Å². The van der Waals surface area contributed by atoms with Crippen LogP contribution in [0.15, 0.2) is 11.3 Å². The monoisotopic (exact) mass is 178 g/mol. The second kappa shape index (κ2) is 5.02. The lowest BCUT2D eigenvalue weighted by atomic mass is 10.3. The molecule has 3 nitrogen and oxygen atoms in total. The fourth-order valence-corrected chi connectivity index (χ4v) is 0.635. The molecule has 0 bridgehead atoms. The average Bonchev–Trinajstić information content (AvgIpc) is 1.98. The van der Waals surface area contributed by atoms with Crippen LogP contribution in [0.3, 0.4) is 0 Å². The van der Waals surface area contributed by atoms with E-state index in [1.807, 2.05) is 0 Å². The van der Waals surface area contributed by atoms with E-state index in [2.05, 4.69) is 4.74 Å². The van der Waals surface area contributed by atoms with Crippen LogP contribution in [0.5, 0.6) is 0 Å². The van der Waals surface area contributed by atoms with Crippen LogP contribution in [0.4, 0.5) is 0 Å². The van der Waals surface area contributed by atoms with E-state index in [4.69, 9.17) is 16.7 Å². The van der Waals surface area contributed by atoms with E-state index >= 15 is 0 Å². The summed E-state index contributed by atoms with van der Waals surface area (Å²) < 4.78 is 4.61. The molecule has 0 atom stereocenters. The molecule has 0 aromatic carbocycles. The summed E-state index contributed by atoms with van der Waals surface area (Å²) >= 11 is 5.31. The highest BCUT2D eigenvalue weighted by atomic mass is 35.5. The summed E-state index contributed by atoms with van der Waals surface area (Å²) in [7, 11) is 0. The second-order valence-electron chi connectivity index (χ2n) is 2.14. The zero-order valence-electron chi connectivity index (χ0n) is 6.56. The molecule has 0 radical (unpaired) electrons. The molecule has 0 spiro atoms. The normalized spacial score (nSPS) is 12.3. The molecule has 0 rings (SSSR count). The molecular formula is C7H11ClO3. The van der Waals surface area contributed by atoms with E-state index in [1.54, 1.807) is 6.92 Å². The summed E-state index contributed by atoms with van der Waals surface area (Å²) in [6.45, 7) is 3.07. The molecule has 0 fully saturated rings. The average molecular weight is 179 g/mol. The number of esters is 1. The van der Waals surface area contributed by atoms with Crippen LogP contribution in [-0.4, -0.2) is 23.6 Å². The largest absolute Gasteiger partial charge is 0.511 e. The van der Waals surface area contributed by atoms with Crippen LogP contribution < -0.4 is 0 Å². The van der Waals surface area contributed by atoms with Gasteiger partial charge in [0.25, 0.3) is 0 Å². The van der Waals surface area contributed by atoms with Gasteiger partial charge in [-0.05, 0) is 6.92 Å². The predicted octanol–water partition coefficient (Wildman–Crippen LogP) is 1.62. The molecule has 0 aliphatic carbocycles. The SMILES string of the molecule is CC(=O)OC/C(C)=C(\O)CCl. The topological polar surface area (TPSA) is 46.5 Å². The molecule has 0 saturated heterocycles. The first-order valence-corrected chi connectivity index (χ1v) is 3.68. The van der Waals surface area contributed by atoms with Gasteiger partial charge in [0.05, 0.1) is 5.88 Å². The smallest absolute Gasteiger partial charge is 0.302 e. The molecule has 0 heterocycles. The maximum atomic E-state index is 10.3. The predicted molar refractivity (Wildman–Crippen MR) is 42.7 cm³/mol. The highest BCUT2D eigenvalue weighted by Crippen LogP contribution is 2.02. The number of ether oxygens (including phenoxy) is 1. The van der Waals surface area contributed by atoms with Gasteiger partial charge in [-0.1, -0.05) is 0 Å². The number of allylic oxidation sites excluding steroid dienone is 1. The standard InChI is InChI=1S/C7H11ClO3/c1-5(7(10)3-8)4-11-6(2)9/h10H,3-4H2,1-2H3/b7-5-. The number of aliphatic hydroxyl groups is 1. The number of halogens is 1. The summed E-state index contributed by atoms with van der Waals surface area (Å²) in [5.41, 5.74) is 0.579. The summed E-state index contributed by atoms with van der Waals surface area (Å²) in [6.07, 6.45) is 0. The van der Waals surface area contributed by atoms with Crippen LogP contribution >= 0.6 is 11.6 Å². The van der Waals surface area contributed by atoms with Crippen LogP contribution in [0.25, 0.3) is 0 Å². The number of carbonyl (C=O) groups excluding carboxylic acids is 1. The third-order valence-electron chi connectivity index (χ3n) is 1.11. The number of hydrogen-bond acceptors (Lipinski definition) is 3. The Kier molecular flexibility index (Phi) is 4.70. The Morgan fingerprint density at radius 2 is 2.09 bits per heavy atom. The lowest BCUT2D eigenvalue weighted by Crippen LogP contribution is -2.04. The van der Waals surface area contributed by atoms with Crippen molar-refractivity contribution in [3.8, 4) is 0 Å². The van der Waals surface area contributed by atoms with E-state index in [9.17, 15) is 4.79 Å². The van der Waals surface area contributed by atoms with Crippen LogP contribution in [0, 0.1) is 0 Å². The highest BCUT2D eigenvalue weighted by molar-refractivity contribution is 6.19. The molecule has 0 aliphatic rings. The number of aliphatic hydroxyl groups excluding tert-OH is 1. The quantitative estimate of drug-likeness (QED) is 0.406. The Balaban J connectivity index is 3.85. The minimum Gasteiger partial charge on any atom is -0.511 e. The van der Waals surface area contributed by atoms with Crippen molar-refractivity contribution in [3.63, 3.8) is 0 Å². The maximum Gasteiger partial charge on any atom is 0.302 e. The van der Waals surface area contributed by atoms with E-state index in [0.29, 0.717) is 5.57 Å². The molecule has 64 valence electrons. The molecule has 0 aliphatic heterocycles. The summed E-state index contributed by atoms with van der Waals surface area (Å²) in [5, 5.41) is 9.00. The third kappa shape index (κ3) is 4.67. The fourth-order valence-electron chi connectivity index (χ4n) is 0.407. The molecule has 0 aromatic heterocycles. The minimum atomic E-state index is -0.369. The van der Waals surface area contributed by atoms with E-state index in [0.717, 1.165) is 0 Å². The van der Waals surface area contributed by atoms with Gasteiger partial charge < -0.3 is 9.84 Å². The maximum absolute atomic E-state index is 10.3. The van der Waals surface area contributed by atoms with Crippen LogP contribution in [0.1, 0.15) is 13.8 Å². The number of hydrogen-bond donors (Lipinski definition) is 1. The molecular weight excluding hydrogens is 168 g/mol. The molecule has 0 amide bonds. The number of alkyl halides is 1. The van der Waals surface area contributed by atoms with Crippen molar-refractivity contribution in [2.75, 3.05) is 12.5 Å².